The summed E-state index contributed by atoms with van der Waals surface area (Å²) in [6.45, 7) is 4.20. The van der Waals surface area contributed by atoms with Crippen LogP contribution in [0.25, 0.3) is 0 Å². The van der Waals surface area contributed by atoms with Gasteiger partial charge in [0.15, 0.2) is 0 Å². The fourth-order valence-electron chi connectivity index (χ4n) is 2.78. The Morgan fingerprint density at radius 3 is 2.29 bits per heavy atom. The zero-order valence-electron chi connectivity index (χ0n) is 15.9. The molecule has 3 aromatic carbocycles. The van der Waals surface area contributed by atoms with Gasteiger partial charge in [0.2, 0.25) is 0 Å². The fraction of sp³-hybridized carbons (Fsp3) is 0.130. The van der Waals surface area contributed by atoms with Gasteiger partial charge in [0.25, 0.3) is 5.91 Å². The van der Waals surface area contributed by atoms with Crippen LogP contribution in [0.2, 0.25) is 0 Å². The first-order chi connectivity index (χ1) is 13.5. The number of urea groups is 1. The Balaban J connectivity index is 1.58. The van der Waals surface area contributed by atoms with Gasteiger partial charge in [0.05, 0.1) is 0 Å². The Morgan fingerprint density at radius 2 is 1.57 bits per heavy atom. The number of anilines is 1. The summed E-state index contributed by atoms with van der Waals surface area (Å²) in [5, 5.41) is 5.02. The summed E-state index contributed by atoms with van der Waals surface area (Å²) in [6, 6.07) is 21.8. The summed E-state index contributed by atoms with van der Waals surface area (Å²) in [4.78, 5) is 24.4. The fourth-order valence-corrected chi connectivity index (χ4v) is 2.78. The van der Waals surface area contributed by atoms with Crippen LogP contribution in [0.15, 0.2) is 72.8 Å². The number of amides is 3. The molecule has 2 N–H and O–H groups in total. The maximum atomic E-state index is 12.2. The van der Waals surface area contributed by atoms with Crippen LogP contribution in [0.3, 0.4) is 0 Å². The molecule has 3 amide bonds. The Labute approximate surface area is 164 Å². The van der Waals surface area contributed by atoms with Gasteiger partial charge in [-0.05, 0) is 54.8 Å². The van der Waals surface area contributed by atoms with E-state index in [9.17, 15) is 9.59 Å². The first-order valence-corrected chi connectivity index (χ1v) is 8.98. The minimum Gasteiger partial charge on any atom is -0.489 e. The molecule has 0 aliphatic rings. The maximum Gasteiger partial charge on any atom is 0.326 e. The number of imide groups is 1. The van der Waals surface area contributed by atoms with Crippen LogP contribution in [0.4, 0.5) is 10.5 Å². The lowest BCUT2D eigenvalue weighted by Gasteiger charge is -2.12. The molecule has 28 heavy (non-hydrogen) atoms. The molecule has 0 saturated heterocycles. The summed E-state index contributed by atoms with van der Waals surface area (Å²) in [5.74, 6) is 0.306. The summed E-state index contributed by atoms with van der Waals surface area (Å²) >= 11 is 0. The minimum atomic E-state index is -0.578. The number of carbonyl (C=O) groups excluding carboxylic acids is 2. The zero-order valence-corrected chi connectivity index (χ0v) is 15.9. The number of hydrogen-bond donors (Lipinski definition) is 2. The van der Waals surface area contributed by atoms with Crippen molar-refractivity contribution >= 4 is 17.6 Å². The normalized spacial score (nSPS) is 10.2. The van der Waals surface area contributed by atoms with Crippen molar-refractivity contribution in [3.05, 3.63) is 95.1 Å². The third kappa shape index (κ3) is 4.98. The molecule has 0 fully saturated rings. The molecule has 142 valence electrons. The number of aryl methyl sites for hydroxylation is 2. The van der Waals surface area contributed by atoms with E-state index in [0.717, 1.165) is 22.4 Å². The summed E-state index contributed by atoms with van der Waals surface area (Å²) in [6.07, 6.45) is 0. The Morgan fingerprint density at radius 1 is 0.857 bits per heavy atom. The van der Waals surface area contributed by atoms with E-state index in [-0.39, 0.29) is 0 Å². The molecular formula is C23H22N2O3. The molecule has 5 heteroatoms. The van der Waals surface area contributed by atoms with E-state index in [1.54, 1.807) is 30.3 Å². The first kappa shape index (κ1) is 19.2. The lowest BCUT2D eigenvalue weighted by molar-refractivity contribution is 0.0966. The monoisotopic (exact) mass is 374 g/mol. The highest BCUT2D eigenvalue weighted by atomic mass is 16.5. The average molecular weight is 374 g/mol. The number of nitrogens with one attached hydrogen (secondary N) is 2. The number of benzene rings is 3. The van der Waals surface area contributed by atoms with Gasteiger partial charge >= 0.3 is 6.03 Å². The largest absolute Gasteiger partial charge is 0.489 e. The summed E-state index contributed by atoms with van der Waals surface area (Å²) < 4.78 is 5.84. The average Bonchev–Trinajstić information content (AvgIpc) is 2.68. The third-order valence-corrected chi connectivity index (χ3v) is 4.29. The van der Waals surface area contributed by atoms with Crippen molar-refractivity contribution in [3.63, 3.8) is 0 Å². The lowest BCUT2D eigenvalue weighted by Crippen LogP contribution is -2.34. The van der Waals surface area contributed by atoms with Crippen LogP contribution in [-0.2, 0) is 6.61 Å². The molecule has 3 aromatic rings. The molecule has 0 heterocycles. The van der Waals surface area contributed by atoms with Gasteiger partial charge < -0.3 is 10.1 Å². The molecule has 0 radical (unpaired) electrons. The van der Waals surface area contributed by atoms with Crippen LogP contribution in [-0.4, -0.2) is 11.9 Å². The molecule has 0 saturated carbocycles. The molecule has 0 aliphatic heterocycles. The van der Waals surface area contributed by atoms with Crippen LogP contribution >= 0.6 is 0 Å². The van der Waals surface area contributed by atoms with Gasteiger partial charge in [0.1, 0.15) is 12.4 Å². The molecule has 0 aliphatic carbocycles. The van der Waals surface area contributed by atoms with Crippen molar-refractivity contribution in [3.8, 4) is 5.75 Å². The Hall–Kier alpha value is -3.60. The van der Waals surface area contributed by atoms with Gasteiger partial charge in [-0.3, -0.25) is 10.1 Å². The van der Waals surface area contributed by atoms with Gasteiger partial charge in [-0.15, -0.1) is 0 Å². The highest BCUT2D eigenvalue weighted by Gasteiger charge is 2.12. The summed E-state index contributed by atoms with van der Waals surface area (Å²) in [5.41, 5.74) is 3.83. The van der Waals surface area contributed by atoms with E-state index in [1.807, 2.05) is 56.3 Å². The minimum absolute atomic E-state index is 0.435. The van der Waals surface area contributed by atoms with E-state index >= 15 is 0 Å². The Bertz CT molecular complexity index is 984. The van der Waals surface area contributed by atoms with E-state index in [0.29, 0.717) is 17.9 Å². The standard InChI is InChI=1S/C23H22N2O3/c1-16-8-6-7-11-20(16)22(26)25-23(27)24-19-12-13-21(17(2)14-19)28-15-18-9-4-3-5-10-18/h3-14H,15H2,1-2H3,(H2,24,25,26,27). The second kappa shape index (κ2) is 8.86. The highest BCUT2D eigenvalue weighted by molar-refractivity contribution is 6.08. The predicted molar refractivity (Wildman–Crippen MR) is 110 cm³/mol. The topological polar surface area (TPSA) is 67.4 Å². The second-order valence-electron chi connectivity index (χ2n) is 6.48. The van der Waals surface area contributed by atoms with E-state index in [4.69, 9.17) is 4.74 Å². The third-order valence-electron chi connectivity index (χ3n) is 4.29. The van der Waals surface area contributed by atoms with Crippen LogP contribution < -0.4 is 15.4 Å². The highest BCUT2D eigenvalue weighted by Crippen LogP contribution is 2.23. The van der Waals surface area contributed by atoms with Gasteiger partial charge in [-0.2, -0.15) is 0 Å². The quantitative estimate of drug-likeness (QED) is 0.671. The van der Waals surface area contributed by atoms with E-state index in [2.05, 4.69) is 10.6 Å². The number of hydrogen-bond acceptors (Lipinski definition) is 3. The van der Waals surface area contributed by atoms with Crippen molar-refractivity contribution in [2.75, 3.05) is 5.32 Å². The molecule has 0 unspecified atom stereocenters. The number of ether oxygens (including phenoxy) is 1. The summed E-state index contributed by atoms with van der Waals surface area (Å²) in [7, 11) is 0. The second-order valence-corrected chi connectivity index (χ2v) is 6.48. The lowest BCUT2D eigenvalue weighted by atomic mass is 10.1. The molecule has 0 atom stereocenters. The van der Waals surface area contributed by atoms with Crippen LogP contribution in [0, 0.1) is 13.8 Å². The van der Waals surface area contributed by atoms with Crippen molar-refractivity contribution in [2.45, 2.75) is 20.5 Å². The van der Waals surface area contributed by atoms with E-state index in [1.165, 1.54) is 0 Å². The van der Waals surface area contributed by atoms with Crippen molar-refractivity contribution in [2.24, 2.45) is 0 Å². The number of rotatable bonds is 5. The Kier molecular flexibility index (Phi) is 6.07. The smallest absolute Gasteiger partial charge is 0.326 e. The molecular weight excluding hydrogens is 352 g/mol. The van der Waals surface area contributed by atoms with Crippen LogP contribution in [0.5, 0.6) is 5.75 Å². The van der Waals surface area contributed by atoms with Crippen molar-refractivity contribution in [1.82, 2.24) is 5.32 Å². The first-order valence-electron chi connectivity index (χ1n) is 8.98. The SMILES string of the molecule is Cc1cc(NC(=O)NC(=O)c2ccccc2C)ccc1OCc1ccccc1. The molecule has 0 aromatic heterocycles. The predicted octanol–water partition coefficient (Wildman–Crippen LogP) is 4.84. The maximum absolute atomic E-state index is 12.2. The van der Waals surface area contributed by atoms with Crippen LogP contribution in [0.1, 0.15) is 27.0 Å². The molecule has 3 rings (SSSR count). The molecule has 0 bridgehead atoms. The molecule has 0 spiro atoms. The van der Waals surface area contributed by atoms with Gasteiger partial charge in [0, 0.05) is 11.3 Å². The van der Waals surface area contributed by atoms with Gasteiger partial charge in [-0.1, -0.05) is 48.5 Å². The molecule has 5 nitrogen and oxygen atoms in total. The van der Waals surface area contributed by atoms with Crippen molar-refractivity contribution < 1.29 is 14.3 Å². The van der Waals surface area contributed by atoms with Crippen molar-refractivity contribution in [1.29, 1.82) is 0 Å². The van der Waals surface area contributed by atoms with Gasteiger partial charge in [-0.25, -0.2) is 4.79 Å². The van der Waals surface area contributed by atoms with E-state index < -0.39 is 11.9 Å². The number of carbonyl (C=O) groups is 2. The zero-order chi connectivity index (χ0) is 19.9.